The van der Waals surface area contributed by atoms with Gasteiger partial charge in [0.25, 0.3) is 0 Å². The molecule has 0 aromatic heterocycles. The van der Waals surface area contributed by atoms with Gasteiger partial charge >= 0.3 is 0 Å². The minimum absolute atomic E-state index is 0.0808. The van der Waals surface area contributed by atoms with Gasteiger partial charge < -0.3 is 19.8 Å². The van der Waals surface area contributed by atoms with E-state index in [9.17, 15) is 9.90 Å². The molecule has 182 valence electrons. The predicted octanol–water partition coefficient (Wildman–Crippen LogP) is 4.37. The van der Waals surface area contributed by atoms with Gasteiger partial charge in [-0.15, -0.1) is 0 Å². The Morgan fingerprint density at radius 3 is 2.62 bits per heavy atom. The lowest BCUT2D eigenvalue weighted by Gasteiger charge is -2.61. The van der Waals surface area contributed by atoms with Crippen LogP contribution in [0.4, 0.5) is 0 Å². The highest BCUT2D eigenvalue weighted by atomic mass is 16.6. The van der Waals surface area contributed by atoms with Gasteiger partial charge in [0.2, 0.25) is 0 Å². The molecule has 34 heavy (non-hydrogen) atoms. The van der Waals surface area contributed by atoms with Gasteiger partial charge in [-0.05, 0) is 67.2 Å². The first-order chi connectivity index (χ1) is 16.2. The van der Waals surface area contributed by atoms with Crippen LogP contribution in [-0.4, -0.2) is 52.8 Å². The standard InChI is InChI=1S/C28H35NO5/c1-24-11-8-20-14-21(30)9-13-27(20)28(24,34-27)22(19-6-4-18(5-7-19)16-29-32)15-25(2)23(24)10-12-26(25,31)17-33-3/h4-7,14,16,22-23,31-32H,8-13,15,17H2,1-3H3/b29-16+/t22?,23-,24-,25-,26+,27-,28?/m0/s1. The molecular formula is C28H35NO5. The number of aliphatic hydroxyl groups is 1. The van der Waals surface area contributed by atoms with E-state index in [0.717, 1.165) is 44.1 Å². The Bertz CT molecular complexity index is 1100. The van der Waals surface area contributed by atoms with Crippen molar-refractivity contribution in [3.05, 3.63) is 47.0 Å². The molecule has 0 bridgehead atoms. The van der Waals surface area contributed by atoms with Gasteiger partial charge in [0.15, 0.2) is 5.78 Å². The molecule has 2 spiro atoms. The summed E-state index contributed by atoms with van der Waals surface area (Å²) in [5.74, 6) is 0.614. The number of carbonyl (C=O) groups excluding carboxylic acids is 1. The van der Waals surface area contributed by atoms with Crippen LogP contribution in [-0.2, 0) is 14.3 Å². The van der Waals surface area contributed by atoms with Gasteiger partial charge in [-0.1, -0.05) is 43.3 Å². The number of nitrogens with zero attached hydrogens (tertiary/aromatic N) is 1. The van der Waals surface area contributed by atoms with E-state index in [1.807, 2.05) is 18.2 Å². The van der Waals surface area contributed by atoms with Crippen molar-refractivity contribution in [2.45, 2.75) is 81.5 Å². The molecule has 1 saturated heterocycles. The topological polar surface area (TPSA) is 91.7 Å². The van der Waals surface area contributed by atoms with Gasteiger partial charge in [0.05, 0.1) is 18.4 Å². The highest BCUT2D eigenvalue weighted by molar-refractivity contribution is 5.92. The fourth-order valence-electron chi connectivity index (χ4n) is 9.19. The van der Waals surface area contributed by atoms with Crippen LogP contribution >= 0.6 is 0 Å². The molecule has 4 fully saturated rings. The molecule has 0 amide bonds. The Morgan fingerprint density at radius 1 is 1.15 bits per heavy atom. The molecule has 2 unspecified atom stereocenters. The molecule has 3 saturated carbocycles. The Hall–Kier alpha value is -2.02. The molecule has 6 heteroatoms. The molecule has 0 radical (unpaired) electrons. The lowest BCUT2D eigenvalue weighted by atomic mass is 9.41. The predicted molar refractivity (Wildman–Crippen MR) is 127 cm³/mol. The van der Waals surface area contributed by atoms with Crippen LogP contribution in [0, 0.1) is 16.7 Å². The average Bonchev–Trinajstić information content (AvgIpc) is 3.42. The summed E-state index contributed by atoms with van der Waals surface area (Å²) in [4.78, 5) is 12.3. The number of methoxy groups -OCH3 is 1. The molecule has 1 heterocycles. The minimum atomic E-state index is -0.876. The summed E-state index contributed by atoms with van der Waals surface area (Å²) in [7, 11) is 1.68. The fourth-order valence-corrected chi connectivity index (χ4v) is 9.19. The third kappa shape index (κ3) is 2.47. The summed E-state index contributed by atoms with van der Waals surface area (Å²) in [5, 5.41) is 24.0. The lowest BCUT2D eigenvalue weighted by molar-refractivity contribution is -0.171. The third-order valence-corrected chi connectivity index (χ3v) is 10.7. The Kier molecular flexibility index (Phi) is 4.63. The van der Waals surface area contributed by atoms with Crippen LogP contribution in [0.1, 0.15) is 75.8 Å². The second kappa shape index (κ2) is 7.02. The van der Waals surface area contributed by atoms with Gasteiger partial charge in [-0.25, -0.2) is 0 Å². The largest absolute Gasteiger partial charge is 0.411 e. The number of epoxide rings is 1. The van der Waals surface area contributed by atoms with Crippen molar-refractivity contribution in [1.29, 1.82) is 0 Å². The number of ketones is 1. The Morgan fingerprint density at radius 2 is 1.91 bits per heavy atom. The van der Waals surface area contributed by atoms with Crippen molar-refractivity contribution in [2.24, 2.45) is 21.9 Å². The summed E-state index contributed by atoms with van der Waals surface area (Å²) in [6.07, 6.45) is 8.96. The summed E-state index contributed by atoms with van der Waals surface area (Å²) in [6, 6.07) is 8.19. The number of rotatable bonds is 4. The highest BCUT2D eigenvalue weighted by Gasteiger charge is 2.87. The van der Waals surface area contributed by atoms with E-state index in [0.29, 0.717) is 18.9 Å². The van der Waals surface area contributed by atoms with Gasteiger partial charge in [-0.3, -0.25) is 4.79 Å². The first-order valence-corrected chi connectivity index (χ1v) is 12.6. The Balaban J connectivity index is 1.53. The summed E-state index contributed by atoms with van der Waals surface area (Å²) in [5.41, 5.74) is 1.16. The van der Waals surface area contributed by atoms with Crippen LogP contribution in [0.5, 0.6) is 0 Å². The van der Waals surface area contributed by atoms with E-state index < -0.39 is 5.60 Å². The molecule has 2 N–H and O–H groups in total. The molecule has 1 aromatic rings. The maximum Gasteiger partial charge on any atom is 0.155 e. The number of hydrogen-bond acceptors (Lipinski definition) is 6. The van der Waals surface area contributed by atoms with Crippen molar-refractivity contribution < 1.29 is 24.6 Å². The van der Waals surface area contributed by atoms with Gasteiger partial charge in [0.1, 0.15) is 11.2 Å². The van der Waals surface area contributed by atoms with Crippen molar-refractivity contribution in [3.63, 3.8) is 0 Å². The van der Waals surface area contributed by atoms with E-state index in [1.165, 1.54) is 17.4 Å². The zero-order valence-corrected chi connectivity index (χ0v) is 20.3. The second-order valence-corrected chi connectivity index (χ2v) is 11.9. The number of benzene rings is 1. The number of oxime groups is 1. The van der Waals surface area contributed by atoms with Gasteiger partial charge in [0, 0.05) is 30.3 Å². The second-order valence-electron chi connectivity index (χ2n) is 11.9. The third-order valence-electron chi connectivity index (χ3n) is 10.7. The van der Waals surface area contributed by atoms with E-state index in [1.54, 1.807) is 7.11 Å². The van der Waals surface area contributed by atoms with Crippen LogP contribution in [0.3, 0.4) is 0 Å². The van der Waals surface area contributed by atoms with E-state index in [-0.39, 0.29) is 33.7 Å². The first kappa shape index (κ1) is 22.4. The van der Waals surface area contributed by atoms with Crippen molar-refractivity contribution in [3.8, 4) is 0 Å². The van der Waals surface area contributed by atoms with E-state index in [2.05, 4.69) is 31.1 Å². The molecular weight excluding hydrogens is 430 g/mol. The zero-order chi connectivity index (χ0) is 24.0. The highest BCUT2D eigenvalue weighted by Crippen LogP contribution is 2.83. The first-order valence-electron chi connectivity index (χ1n) is 12.6. The zero-order valence-electron chi connectivity index (χ0n) is 20.3. The van der Waals surface area contributed by atoms with Crippen molar-refractivity contribution in [2.75, 3.05) is 13.7 Å². The summed E-state index contributed by atoms with van der Waals surface area (Å²) in [6.45, 7) is 5.01. The van der Waals surface area contributed by atoms with Crippen molar-refractivity contribution >= 4 is 12.0 Å². The van der Waals surface area contributed by atoms with Crippen molar-refractivity contribution in [1.82, 2.24) is 0 Å². The Labute approximate surface area is 201 Å². The normalized spacial score (nSPS) is 46.9. The SMILES string of the molecule is COC[C@]1(O)CC[C@H]2[C@]3(C)CCC4=CC(=O)CC[C@]45OC53C(c3ccc(/C=N/O)cc3)C[C@@]21C. The number of carbonyl (C=O) groups is 1. The smallest absolute Gasteiger partial charge is 0.155 e. The maximum absolute atomic E-state index is 12.3. The molecule has 4 aliphatic carbocycles. The van der Waals surface area contributed by atoms with Crippen LogP contribution in [0.2, 0.25) is 0 Å². The number of hydrogen-bond donors (Lipinski definition) is 2. The molecule has 7 atom stereocenters. The van der Waals surface area contributed by atoms with E-state index >= 15 is 0 Å². The monoisotopic (exact) mass is 465 g/mol. The minimum Gasteiger partial charge on any atom is -0.411 e. The summed E-state index contributed by atoms with van der Waals surface area (Å²) < 4.78 is 12.6. The van der Waals surface area contributed by atoms with Gasteiger partial charge in [-0.2, -0.15) is 0 Å². The molecule has 1 aliphatic heterocycles. The fraction of sp³-hybridized carbons (Fsp3) is 0.643. The quantitative estimate of drug-likeness (QED) is 0.298. The maximum atomic E-state index is 12.3. The molecule has 1 aromatic carbocycles. The summed E-state index contributed by atoms with van der Waals surface area (Å²) >= 11 is 0. The van der Waals surface area contributed by atoms with Crippen LogP contribution in [0.25, 0.3) is 0 Å². The molecule has 5 aliphatic rings. The molecule has 6 nitrogen and oxygen atoms in total. The molecule has 6 rings (SSSR count). The van der Waals surface area contributed by atoms with E-state index in [4.69, 9.17) is 14.7 Å². The number of ether oxygens (including phenoxy) is 2. The van der Waals surface area contributed by atoms with Crippen LogP contribution < -0.4 is 0 Å². The lowest BCUT2D eigenvalue weighted by Crippen LogP contribution is -2.64. The van der Waals surface area contributed by atoms with Crippen LogP contribution in [0.15, 0.2) is 41.1 Å². The number of fused-ring (bicyclic) bond motifs is 2. The average molecular weight is 466 g/mol.